The first-order chi connectivity index (χ1) is 8.83. The molecular weight excluding hydrogens is 220 g/mol. The van der Waals surface area contributed by atoms with Gasteiger partial charge in [-0.25, -0.2) is 0 Å². The molecule has 0 bridgehead atoms. The van der Waals surface area contributed by atoms with Crippen LogP contribution in [0.3, 0.4) is 0 Å². The van der Waals surface area contributed by atoms with Crippen molar-refractivity contribution in [3.8, 4) is 0 Å². The summed E-state index contributed by atoms with van der Waals surface area (Å²) in [6, 6.07) is 0. The van der Waals surface area contributed by atoms with E-state index in [9.17, 15) is 0 Å². The Morgan fingerprint density at radius 3 is 1.89 bits per heavy atom. The average Bonchev–Trinajstić information content (AvgIpc) is 2.89. The summed E-state index contributed by atoms with van der Waals surface area (Å²) in [4.78, 5) is 0. The van der Waals surface area contributed by atoms with Crippen LogP contribution >= 0.6 is 0 Å². The van der Waals surface area contributed by atoms with Crippen LogP contribution in [0, 0.1) is 5.41 Å². The predicted molar refractivity (Wildman–Crippen MR) is 84.2 cm³/mol. The molecule has 0 unspecified atom stereocenters. The Labute approximate surface area is 117 Å². The fourth-order valence-corrected chi connectivity index (χ4v) is 2.82. The topological polar surface area (TPSA) is 9.23 Å². The Morgan fingerprint density at radius 1 is 0.889 bits per heavy atom. The predicted octanol–water partition coefficient (Wildman–Crippen LogP) is 6.22. The van der Waals surface area contributed by atoms with Crippen LogP contribution < -0.4 is 0 Å². The lowest BCUT2D eigenvalue weighted by Gasteiger charge is -2.28. The van der Waals surface area contributed by atoms with E-state index in [1.165, 1.54) is 57.8 Å². The third kappa shape index (κ3) is 8.97. The molecule has 112 valence electrons. The van der Waals surface area contributed by atoms with Gasteiger partial charge in [-0.2, -0.15) is 0 Å². The highest BCUT2D eigenvalue weighted by Gasteiger charge is 2.32. The smallest absolute Gasteiger partial charge is 0.0518 e. The average molecular weight is 258 g/mol. The Bertz CT molecular complexity index is 137. The van der Waals surface area contributed by atoms with E-state index in [1.54, 1.807) is 0 Å². The maximum absolute atomic E-state index is 5.39. The van der Waals surface area contributed by atoms with E-state index in [0.29, 0.717) is 5.41 Å². The monoisotopic (exact) mass is 258 g/mol. The van der Waals surface area contributed by atoms with E-state index < -0.39 is 0 Å². The second kappa shape index (κ2) is 15.0. The van der Waals surface area contributed by atoms with Crippen LogP contribution in [0.4, 0.5) is 0 Å². The van der Waals surface area contributed by atoms with Crippen molar-refractivity contribution in [1.29, 1.82) is 0 Å². The highest BCUT2D eigenvalue weighted by molar-refractivity contribution is 4.84. The third-order valence-electron chi connectivity index (χ3n) is 3.68. The van der Waals surface area contributed by atoms with E-state index in [0.717, 1.165) is 6.61 Å². The molecule has 0 aromatic heterocycles. The van der Waals surface area contributed by atoms with Crippen molar-refractivity contribution >= 4 is 0 Å². The lowest BCUT2D eigenvalue weighted by Crippen LogP contribution is -2.22. The van der Waals surface area contributed by atoms with Crippen molar-refractivity contribution in [2.75, 3.05) is 13.7 Å². The molecule has 0 aromatic rings. The lowest BCUT2D eigenvalue weighted by molar-refractivity contribution is 0.0745. The fourth-order valence-electron chi connectivity index (χ4n) is 2.82. The number of hydrogen-bond acceptors (Lipinski definition) is 1. The summed E-state index contributed by atoms with van der Waals surface area (Å²) in [5.41, 5.74) is 0.572. The molecule has 0 aromatic carbocycles. The number of methoxy groups -OCH3 is 1. The van der Waals surface area contributed by atoms with Crippen molar-refractivity contribution in [2.24, 2.45) is 5.41 Å². The van der Waals surface area contributed by atoms with Gasteiger partial charge in [-0.1, -0.05) is 73.1 Å². The van der Waals surface area contributed by atoms with Crippen LogP contribution in [-0.2, 0) is 4.74 Å². The van der Waals surface area contributed by atoms with Crippen molar-refractivity contribution in [2.45, 2.75) is 92.4 Å². The number of unbranched alkanes of at least 4 members (excludes halogenated alkanes) is 3. The van der Waals surface area contributed by atoms with Crippen LogP contribution in [-0.4, -0.2) is 13.7 Å². The normalized spacial score (nSPS) is 16.3. The summed E-state index contributed by atoms with van der Waals surface area (Å²) in [5, 5.41) is 0. The molecule has 1 saturated carbocycles. The number of ether oxygens (including phenoxy) is 1. The van der Waals surface area contributed by atoms with Gasteiger partial charge >= 0.3 is 0 Å². The third-order valence-corrected chi connectivity index (χ3v) is 3.68. The van der Waals surface area contributed by atoms with Crippen LogP contribution in [0.2, 0.25) is 0 Å². The molecule has 0 aliphatic heterocycles. The van der Waals surface area contributed by atoms with E-state index >= 15 is 0 Å². The molecule has 0 amide bonds. The Kier molecular flexibility index (Phi) is 16.9. The zero-order valence-electron chi connectivity index (χ0n) is 14.0. The van der Waals surface area contributed by atoms with Gasteiger partial charge in [-0.3, -0.25) is 0 Å². The summed E-state index contributed by atoms with van der Waals surface area (Å²) in [6.45, 7) is 11.3. The lowest BCUT2D eigenvalue weighted by atomic mass is 9.82. The van der Waals surface area contributed by atoms with Crippen molar-refractivity contribution in [1.82, 2.24) is 0 Å². The highest BCUT2D eigenvalue weighted by atomic mass is 16.5. The van der Waals surface area contributed by atoms with Crippen molar-refractivity contribution in [3.63, 3.8) is 0 Å². The van der Waals surface area contributed by atoms with E-state index in [-0.39, 0.29) is 0 Å². The van der Waals surface area contributed by atoms with Crippen LogP contribution in [0.15, 0.2) is 0 Å². The molecule has 1 aliphatic rings. The molecule has 0 atom stereocenters. The van der Waals surface area contributed by atoms with Crippen molar-refractivity contribution < 1.29 is 4.74 Å². The summed E-state index contributed by atoms with van der Waals surface area (Å²) in [7, 11) is 1.85. The maximum Gasteiger partial charge on any atom is 0.0518 e. The minimum absolute atomic E-state index is 0.572. The zero-order chi connectivity index (χ0) is 14.3. The van der Waals surface area contributed by atoms with E-state index in [4.69, 9.17) is 4.74 Å². The second-order valence-electron chi connectivity index (χ2n) is 4.95. The Morgan fingerprint density at radius 2 is 1.44 bits per heavy atom. The molecule has 1 rings (SSSR count). The molecule has 0 heterocycles. The highest BCUT2D eigenvalue weighted by Crippen LogP contribution is 2.42. The van der Waals surface area contributed by atoms with E-state index in [1.807, 2.05) is 34.8 Å². The van der Waals surface area contributed by atoms with Gasteiger partial charge in [0, 0.05) is 7.11 Å². The Balaban J connectivity index is 0. The molecule has 0 saturated heterocycles. The first-order valence-corrected chi connectivity index (χ1v) is 8.32. The van der Waals surface area contributed by atoms with Gasteiger partial charge < -0.3 is 4.74 Å². The molecular formula is C17H38O. The van der Waals surface area contributed by atoms with Gasteiger partial charge in [-0.15, -0.1) is 0 Å². The quantitative estimate of drug-likeness (QED) is 0.493. The molecule has 1 heteroatoms. The van der Waals surface area contributed by atoms with Crippen molar-refractivity contribution in [3.05, 3.63) is 0 Å². The largest absolute Gasteiger partial charge is 0.384 e. The van der Waals surface area contributed by atoms with Crippen LogP contribution in [0.5, 0.6) is 0 Å². The maximum atomic E-state index is 5.39. The zero-order valence-corrected chi connectivity index (χ0v) is 14.0. The summed E-state index contributed by atoms with van der Waals surface area (Å²) < 4.78 is 5.39. The van der Waals surface area contributed by atoms with Gasteiger partial charge in [0.15, 0.2) is 0 Å². The fraction of sp³-hybridized carbons (Fsp3) is 1.00. The second-order valence-corrected chi connectivity index (χ2v) is 4.95. The first-order valence-electron chi connectivity index (χ1n) is 8.32. The van der Waals surface area contributed by atoms with Crippen LogP contribution in [0.25, 0.3) is 0 Å². The molecule has 0 N–H and O–H groups in total. The van der Waals surface area contributed by atoms with Crippen LogP contribution in [0.1, 0.15) is 92.4 Å². The van der Waals surface area contributed by atoms with Gasteiger partial charge in [0.25, 0.3) is 0 Å². The summed E-state index contributed by atoms with van der Waals surface area (Å²) in [5.74, 6) is 0. The summed E-state index contributed by atoms with van der Waals surface area (Å²) >= 11 is 0. The van der Waals surface area contributed by atoms with Gasteiger partial charge in [0.2, 0.25) is 0 Å². The molecule has 1 fully saturated rings. The Hall–Kier alpha value is -0.0400. The summed E-state index contributed by atoms with van der Waals surface area (Å²) in [6.07, 6.45) is 12.7. The number of hydrogen-bond donors (Lipinski definition) is 0. The number of rotatable bonds is 7. The standard InChI is InChI=1S/C13H26O.2C2H6/c1-3-4-5-6-9-13(12-14-2)10-7-8-11-13;2*1-2/h3-12H2,1-2H3;2*1-2H3. The molecule has 0 spiro atoms. The van der Waals surface area contributed by atoms with E-state index in [2.05, 4.69) is 6.92 Å². The molecule has 1 aliphatic carbocycles. The van der Waals surface area contributed by atoms with Gasteiger partial charge in [-0.05, 0) is 24.7 Å². The molecule has 1 nitrogen and oxygen atoms in total. The first kappa shape index (κ1) is 20.3. The molecule has 0 radical (unpaired) electrons. The SMILES string of the molecule is CC.CC.CCCCCCC1(COC)CCCC1. The van der Waals surface area contributed by atoms with Gasteiger partial charge in [0.1, 0.15) is 0 Å². The van der Waals surface area contributed by atoms with Gasteiger partial charge in [0.05, 0.1) is 6.61 Å². The molecule has 18 heavy (non-hydrogen) atoms. The minimum Gasteiger partial charge on any atom is -0.384 e. The minimum atomic E-state index is 0.572.